The van der Waals surface area contributed by atoms with E-state index in [1.54, 1.807) is 27.9 Å². The van der Waals surface area contributed by atoms with E-state index in [4.69, 9.17) is 14.9 Å². The van der Waals surface area contributed by atoms with Gasteiger partial charge in [0.1, 0.15) is 0 Å². The second-order valence-electron chi connectivity index (χ2n) is 3.47. The maximum absolute atomic E-state index is 11.8. The molecule has 0 unspecified atom stereocenters. The molecule has 1 aromatic rings. The van der Waals surface area contributed by atoms with E-state index in [9.17, 15) is 4.79 Å². The first-order valence-electron chi connectivity index (χ1n) is 5.11. The predicted molar refractivity (Wildman–Crippen MR) is 62.0 cm³/mol. The number of hydrogen-bond donors (Lipinski definition) is 1. The van der Waals surface area contributed by atoms with Crippen molar-refractivity contribution in [2.24, 2.45) is 10.7 Å². The van der Waals surface area contributed by atoms with E-state index >= 15 is 0 Å². The van der Waals surface area contributed by atoms with E-state index in [0.29, 0.717) is 12.5 Å². The molecule has 0 atom stereocenters. The van der Waals surface area contributed by atoms with Crippen molar-refractivity contribution < 1.29 is 13.9 Å². The van der Waals surface area contributed by atoms with Gasteiger partial charge in [-0.15, -0.1) is 0 Å². The Labute approximate surface area is 99.3 Å². The van der Waals surface area contributed by atoms with Crippen LogP contribution in [0.5, 0.6) is 5.95 Å². The van der Waals surface area contributed by atoms with Gasteiger partial charge in [-0.1, -0.05) is 0 Å². The molecule has 94 valence electrons. The lowest BCUT2D eigenvalue weighted by molar-refractivity contribution is 0.0990. The summed E-state index contributed by atoms with van der Waals surface area (Å²) in [4.78, 5) is 20.9. The maximum Gasteiger partial charge on any atom is 0.318 e. The third-order valence-corrected chi connectivity index (χ3v) is 1.86. The highest BCUT2D eigenvalue weighted by molar-refractivity contribution is 6.02. The molecule has 1 aromatic heterocycles. The number of rotatable bonds is 3. The molecule has 17 heavy (non-hydrogen) atoms. The number of carbonyl (C=O) groups excluding carboxylic acids is 1. The molecule has 7 heteroatoms. The van der Waals surface area contributed by atoms with E-state index in [1.807, 2.05) is 0 Å². The fourth-order valence-electron chi connectivity index (χ4n) is 1.03. The topological polar surface area (TPSA) is 93.9 Å². The van der Waals surface area contributed by atoms with Crippen molar-refractivity contribution in [1.29, 1.82) is 0 Å². The Balaban J connectivity index is 2.99. The van der Waals surface area contributed by atoms with Gasteiger partial charge < -0.3 is 19.8 Å². The minimum atomic E-state index is -0.587. The van der Waals surface area contributed by atoms with Gasteiger partial charge in [0.25, 0.3) is 0 Å². The average Bonchev–Trinajstić information content (AvgIpc) is 2.60. The van der Waals surface area contributed by atoms with Gasteiger partial charge in [0.2, 0.25) is 5.69 Å². The third-order valence-electron chi connectivity index (χ3n) is 1.86. The number of ether oxygens (including phenoxy) is 1. The summed E-state index contributed by atoms with van der Waals surface area (Å²) in [7, 11) is 3.37. The van der Waals surface area contributed by atoms with Gasteiger partial charge in [-0.3, -0.25) is 4.79 Å². The van der Waals surface area contributed by atoms with Gasteiger partial charge in [-0.2, -0.15) is 4.99 Å². The minimum absolute atomic E-state index is 0.0363. The van der Waals surface area contributed by atoms with Crippen molar-refractivity contribution in [3.05, 3.63) is 11.6 Å². The molecule has 2 N–H and O–H groups in total. The number of oxazole rings is 1. The summed E-state index contributed by atoms with van der Waals surface area (Å²) in [5, 5.41) is 0. The summed E-state index contributed by atoms with van der Waals surface area (Å²) in [5.41, 5.74) is 5.58. The monoisotopic (exact) mass is 240 g/mol. The summed E-state index contributed by atoms with van der Waals surface area (Å²) in [5.74, 6) is -0.0738. The molecule has 7 nitrogen and oxygen atoms in total. The van der Waals surface area contributed by atoms with Crippen LogP contribution < -0.4 is 10.5 Å². The summed E-state index contributed by atoms with van der Waals surface area (Å²) >= 11 is 0. The third kappa shape index (κ3) is 3.20. The summed E-state index contributed by atoms with van der Waals surface area (Å²) in [6, 6.07) is 0. The predicted octanol–water partition coefficient (Wildman–Crippen LogP) is 0.398. The Morgan fingerprint density at radius 3 is 2.76 bits per heavy atom. The molecular weight excluding hydrogens is 224 g/mol. The molecule has 0 aliphatic carbocycles. The van der Waals surface area contributed by atoms with Crippen LogP contribution >= 0.6 is 0 Å². The number of hydrogen-bond acceptors (Lipinski definition) is 4. The molecule has 1 amide bonds. The Morgan fingerprint density at radius 1 is 1.59 bits per heavy atom. The molecule has 0 fully saturated rings. The van der Waals surface area contributed by atoms with Crippen LogP contribution in [0.4, 0.5) is 0 Å². The standard InChI is InChI=1S/C10H16N4O3/c1-5-16-9-7(12-6(2)17-9)8(15)13-10(11)14(3)4/h5H2,1-4H3,(H2,11,13,15). The molecule has 1 rings (SSSR count). The van der Waals surface area contributed by atoms with E-state index in [1.165, 1.54) is 4.90 Å². The lowest BCUT2D eigenvalue weighted by Crippen LogP contribution is -2.31. The number of aliphatic imine (C=N–C) groups is 1. The van der Waals surface area contributed by atoms with Crippen LogP contribution in [-0.2, 0) is 0 Å². The normalized spacial score (nSPS) is 11.4. The SMILES string of the molecule is CCOc1oc(C)nc1C(=O)N=C(N)N(C)C. The molecule has 0 aliphatic rings. The summed E-state index contributed by atoms with van der Waals surface area (Å²) in [6.45, 7) is 3.78. The van der Waals surface area contributed by atoms with E-state index in [2.05, 4.69) is 9.98 Å². The van der Waals surface area contributed by atoms with E-state index in [0.717, 1.165) is 0 Å². The Kier molecular flexibility index (Phi) is 4.08. The van der Waals surface area contributed by atoms with Crippen LogP contribution in [0.3, 0.4) is 0 Å². The van der Waals surface area contributed by atoms with Crippen LogP contribution in [0.15, 0.2) is 9.41 Å². The zero-order valence-electron chi connectivity index (χ0n) is 10.4. The highest BCUT2D eigenvalue weighted by Crippen LogP contribution is 2.20. The zero-order chi connectivity index (χ0) is 13.0. The van der Waals surface area contributed by atoms with Crippen molar-refractivity contribution in [3.8, 4) is 5.95 Å². The number of carbonyl (C=O) groups is 1. The summed E-state index contributed by atoms with van der Waals surface area (Å²) in [6.07, 6.45) is 0. The van der Waals surface area contributed by atoms with E-state index in [-0.39, 0.29) is 17.6 Å². The molecule has 1 heterocycles. The Bertz CT molecular complexity index is 437. The largest absolute Gasteiger partial charge is 0.464 e. The first-order valence-corrected chi connectivity index (χ1v) is 5.11. The molecule has 0 saturated carbocycles. The van der Waals surface area contributed by atoms with Crippen molar-refractivity contribution in [1.82, 2.24) is 9.88 Å². The van der Waals surface area contributed by atoms with Gasteiger partial charge in [0.15, 0.2) is 11.9 Å². The lowest BCUT2D eigenvalue weighted by atomic mass is 10.4. The van der Waals surface area contributed by atoms with Crippen molar-refractivity contribution in [2.45, 2.75) is 13.8 Å². The van der Waals surface area contributed by atoms with Crippen molar-refractivity contribution >= 4 is 11.9 Å². The molecule has 0 bridgehead atoms. The van der Waals surface area contributed by atoms with Crippen LogP contribution in [-0.4, -0.2) is 42.5 Å². The fourth-order valence-corrected chi connectivity index (χ4v) is 1.03. The van der Waals surface area contributed by atoms with Crippen LogP contribution in [0.25, 0.3) is 0 Å². The lowest BCUT2D eigenvalue weighted by Gasteiger charge is -2.09. The van der Waals surface area contributed by atoms with Crippen molar-refractivity contribution in [2.75, 3.05) is 20.7 Å². The molecule has 0 spiro atoms. The second kappa shape index (κ2) is 5.33. The first-order chi connectivity index (χ1) is 7.95. The number of guanidine groups is 1. The number of aryl methyl sites for hydroxylation is 1. The van der Waals surface area contributed by atoms with E-state index < -0.39 is 5.91 Å². The second-order valence-corrected chi connectivity index (χ2v) is 3.47. The molecular formula is C10H16N4O3. The van der Waals surface area contributed by atoms with Crippen LogP contribution in [0, 0.1) is 6.92 Å². The number of amides is 1. The smallest absolute Gasteiger partial charge is 0.318 e. The van der Waals surface area contributed by atoms with Gasteiger partial charge in [0, 0.05) is 21.0 Å². The molecule has 0 saturated heterocycles. The number of nitrogens with two attached hydrogens (primary N) is 1. The highest BCUT2D eigenvalue weighted by Gasteiger charge is 2.20. The molecule has 0 aliphatic heterocycles. The molecule has 0 radical (unpaired) electrons. The fraction of sp³-hybridized carbons (Fsp3) is 0.500. The van der Waals surface area contributed by atoms with Crippen LogP contribution in [0.2, 0.25) is 0 Å². The quantitative estimate of drug-likeness (QED) is 0.607. The maximum atomic E-state index is 11.8. The summed E-state index contributed by atoms with van der Waals surface area (Å²) < 4.78 is 10.3. The average molecular weight is 240 g/mol. The minimum Gasteiger partial charge on any atom is -0.464 e. The highest BCUT2D eigenvalue weighted by atomic mass is 16.6. The number of nitrogens with zero attached hydrogens (tertiary/aromatic N) is 3. The number of aromatic nitrogens is 1. The van der Waals surface area contributed by atoms with Gasteiger partial charge >= 0.3 is 11.9 Å². The van der Waals surface area contributed by atoms with Gasteiger partial charge in [0.05, 0.1) is 6.61 Å². The Morgan fingerprint density at radius 2 is 2.24 bits per heavy atom. The first kappa shape index (κ1) is 13.0. The zero-order valence-corrected chi connectivity index (χ0v) is 10.4. The van der Waals surface area contributed by atoms with Gasteiger partial charge in [-0.25, -0.2) is 4.98 Å². The Hall–Kier alpha value is -2.05. The molecule has 0 aromatic carbocycles. The van der Waals surface area contributed by atoms with Crippen LogP contribution in [0.1, 0.15) is 23.3 Å². The van der Waals surface area contributed by atoms with Gasteiger partial charge in [-0.05, 0) is 6.92 Å². The van der Waals surface area contributed by atoms with Crippen molar-refractivity contribution in [3.63, 3.8) is 0 Å².